The molecule has 0 aliphatic carbocycles. The van der Waals surface area contributed by atoms with E-state index >= 15 is 0 Å². The van der Waals surface area contributed by atoms with E-state index in [2.05, 4.69) is 45.1 Å². The van der Waals surface area contributed by atoms with Crippen LogP contribution in [0.2, 0.25) is 0 Å². The normalized spacial score (nSPS) is 16.0. The molecular formula is C29H35NO5S. The Hall–Kier alpha value is -2.93. The first kappa shape index (κ1) is 26.1. The number of nitrogens with one attached hydrogen (secondary N) is 1. The Bertz CT molecular complexity index is 1260. The molecule has 0 radical (unpaired) electrons. The van der Waals surface area contributed by atoms with Gasteiger partial charge in [-0.15, -0.1) is 0 Å². The number of fused-ring (bicyclic) bond motifs is 1. The summed E-state index contributed by atoms with van der Waals surface area (Å²) in [6, 6.07) is 9.83. The monoisotopic (exact) mass is 509 g/mol. The fourth-order valence-electron chi connectivity index (χ4n) is 4.50. The molecule has 0 spiro atoms. The summed E-state index contributed by atoms with van der Waals surface area (Å²) < 4.78 is 18.1. The maximum atomic E-state index is 12.1. The Morgan fingerprint density at radius 3 is 2.56 bits per heavy atom. The Balaban J connectivity index is 1.36. The average Bonchev–Trinajstić information content (AvgIpc) is 3.36. The van der Waals surface area contributed by atoms with Crippen molar-refractivity contribution in [3.8, 4) is 11.5 Å². The molecule has 7 heteroatoms. The predicted molar refractivity (Wildman–Crippen MR) is 144 cm³/mol. The van der Waals surface area contributed by atoms with Crippen LogP contribution in [0.1, 0.15) is 68.0 Å². The molecule has 1 fully saturated rings. The minimum Gasteiger partial charge on any atom is -0.493 e. The topological polar surface area (TPSA) is 77.8 Å². The maximum Gasteiger partial charge on any atom is 0.286 e. The van der Waals surface area contributed by atoms with E-state index in [-0.39, 0.29) is 16.6 Å². The van der Waals surface area contributed by atoms with Crippen LogP contribution in [-0.2, 0) is 17.6 Å². The molecule has 4 rings (SSSR count). The minimum absolute atomic E-state index is 0.189. The van der Waals surface area contributed by atoms with Crippen LogP contribution in [0.3, 0.4) is 0 Å². The number of thioether (sulfide) groups is 1. The van der Waals surface area contributed by atoms with Crippen LogP contribution in [0, 0.1) is 12.3 Å². The number of ether oxygens (including phenoxy) is 2. The lowest BCUT2D eigenvalue weighted by Gasteiger charge is -2.17. The molecule has 2 aromatic carbocycles. The van der Waals surface area contributed by atoms with Gasteiger partial charge in [0.2, 0.25) is 5.91 Å². The second-order valence-electron chi connectivity index (χ2n) is 10.5. The minimum atomic E-state index is -0.526. The standard InChI is InChI=1S/C29H35NO5S/c1-6-8-22-24(12-11-21-19(16-29(3,4)5)17-35-25(21)22)34-14-7-13-33-20-10-9-18(2)23(15-20)26-27(31)30-28(32)36-26/h9-12,15,17,26H,6-8,13-14,16H2,1-5H3,(H,30,31,32). The Morgan fingerprint density at radius 1 is 1.08 bits per heavy atom. The summed E-state index contributed by atoms with van der Waals surface area (Å²) in [5.41, 5.74) is 5.25. The smallest absolute Gasteiger partial charge is 0.286 e. The summed E-state index contributed by atoms with van der Waals surface area (Å²) >= 11 is 1.01. The van der Waals surface area contributed by atoms with Crippen molar-refractivity contribution in [2.45, 2.75) is 65.6 Å². The molecule has 3 aromatic rings. The highest BCUT2D eigenvalue weighted by molar-refractivity contribution is 8.15. The summed E-state index contributed by atoms with van der Waals surface area (Å²) in [5, 5.41) is 2.68. The van der Waals surface area contributed by atoms with E-state index in [9.17, 15) is 9.59 Å². The number of benzene rings is 2. The van der Waals surface area contributed by atoms with E-state index in [0.717, 1.165) is 59.0 Å². The third-order valence-electron chi connectivity index (χ3n) is 6.14. The number of rotatable bonds is 10. The molecule has 1 atom stereocenters. The second-order valence-corrected chi connectivity index (χ2v) is 11.6. The number of hydrogen-bond donors (Lipinski definition) is 1. The van der Waals surface area contributed by atoms with E-state index in [1.807, 2.05) is 31.4 Å². The van der Waals surface area contributed by atoms with Crippen LogP contribution in [0.15, 0.2) is 41.0 Å². The summed E-state index contributed by atoms with van der Waals surface area (Å²) in [5.74, 6) is 1.27. The van der Waals surface area contributed by atoms with Gasteiger partial charge in [-0.2, -0.15) is 0 Å². The maximum absolute atomic E-state index is 12.1. The Kier molecular flexibility index (Phi) is 7.98. The van der Waals surface area contributed by atoms with Crippen LogP contribution >= 0.6 is 11.8 Å². The molecule has 6 nitrogen and oxygen atoms in total. The van der Waals surface area contributed by atoms with Gasteiger partial charge in [-0.05, 0) is 77.9 Å². The van der Waals surface area contributed by atoms with Gasteiger partial charge in [0.25, 0.3) is 5.24 Å². The Morgan fingerprint density at radius 2 is 1.86 bits per heavy atom. The van der Waals surface area contributed by atoms with Gasteiger partial charge in [0.1, 0.15) is 22.3 Å². The average molecular weight is 510 g/mol. The van der Waals surface area contributed by atoms with E-state index in [4.69, 9.17) is 13.9 Å². The number of carbonyl (C=O) groups excluding carboxylic acids is 2. The zero-order valence-corrected chi connectivity index (χ0v) is 22.6. The largest absolute Gasteiger partial charge is 0.493 e. The SMILES string of the molecule is CCCc1c(OCCCOc2ccc(C)c(C3SC(=O)NC3=O)c2)ccc2c(CC(C)(C)C)coc12. The highest BCUT2D eigenvalue weighted by Gasteiger charge is 2.34. The lowest BCUT2D eigenvalue weighted by atomic mass is 9.88. The highest BCUT2D eigenvalue weighted by Crippen LogP contribution is 2.38. The molecule has 192 valence electrons. The molecule has 1 N–H and O–H groups in total. The first-order valence-electron chi connectivity index (χ1n) is 12.6. The first-order chi connectivity index (χ1) is 17.2. The number of aryl methyl sites for hydroxylation is 2. The molecular weight excluding hydrogens is 474 g/mol. The van der Waals surface area contributed by atoms with E-state index in [1.54, 1.807) is 0 Å². The molecule has 1 aromatic heterocycles. The number of amides is 2. The molecule has 36 heavy (non-hydrogen) atoms. The van der Waals surface area contributed by atoms with Crippen LogP contribution in [0.25, 0.3) is 11.0 Å². The van der Waals surface area contributed by atoms with Crippen molar-refractivity contribution < 1.29 is 23.5 Å². The number of hydrogen-bond acceptors (Lipinski definition) is 6. The molecule has 0 bridgehead atoms. The molecule has 2 amide bonds. The summed E-state index contributed by atoms with van der Waals surface area (Å²) in [6.45, 7) is 11.8. The quantitative estimate of drug-likeness (QED) is 0.292. The molecule has 1 aliphatic heterocycles. The summed E-state index contributed by atoms with van der Waals surface area (Å²) in [7, 11) is 0. The molecule has 0 saturated carbocycles. The van der Waals surface area contributed by atoms with Crippen molar-refractivity contribution in [1.29, 1.82) is 0 Å². The third kappa shape index (κ3) is 6.06. The van der Waals surface area contributed by atoms with E-state index < -0.39 is 5.25 Å². The van der Waals surface area contributed by atoms with Crippen molar-refractivity contribution >= 4 is 33.9 Å². The molecule has 1 saturated heterocycles. The zero-order valence-electron chi connectivity index (χ0n) is 21.7. The fourth-order valence-corrected chi connectivity index (χ4v) is 5.42. The van der Waals surface area contributed by atoms with Gasteiger partial charge in [-0.25, -0.2) is 0 Å². The summed E-state index contributed by atoms with van der Waals surface area (Å²) in [4.78, 5) is 23.7. The van der Waals surface area contributed by atoms with Gasteiger partial charge in [0.05, 0.1) is 19.5 Å². The van der Waals surface area contributed by atoms with Gasteiger partial charge in [0.15, 0.2) is 0 Å². The lowest BCUT2D eigenvalue weighted by molar-refractivity contribution is -0.119. The van der Waals surface area contributed by atoms with Crippen LogP contribution in [0.4, 0.5) is 4.79 Å². The molecule has 1 unspecified atom stereocenters. The zero-order chi connectivity index (χ0) is 25.9. The van der Waals surface area contributed by atoms with Gasteiger partial charge in [-0.3, -0.25) is 14.9 Å². The van der Waals surface area contributed by atoms with Crippen LogP contribution in [0.5, 0.6) is 11.5 Å². The fraction of sp³-hybridized carbons (Fsp3) is 0.448. The number of imide groups is 1. The highest BCUT2D eigenvalue weighted by atomic mass is 32.2. The van der Waals surface area contributed by atoms with Crippen molar-refractivity contribution in [3.63, 3.8) is 0 Å². The lowest BCUT2D eigenvalue weighted by Crippen LogP contribution is -2.20. The second kappa shape index (κ2) is 11.0. The first-order valence-corrected chi connectivity index (χ1v) is 13.4. The summed E-state index contributed by atoms with van der Waals surface area (Å²) in [6.07, 6.45) is 5.47. The van der Waals surface area contributed by atoms with Gasteiger partial charge in [-0.1, -0.05) is 40.2 Å². The van der Waals surface area contributed by atoms with E-state index in [0.29, 0.717) is 25.4 Å². The van der Waals surface area contributed by atoms with Gasteiger partial charge >= 0.3 is 0 Å². The molecule has 1 aliphatic rings. The number of carbonyl (C=O) groups is 2. The van der Waals surface area contributed by atoms with Gasteiger partial charge in [0, 0.05) is 17.4 Å². The Labute approximate surface area is 217 Å². The van der Waals surface area contributed by atoms with Crippen LogP contribution in [-0.4, -0.2) is 24.4 Å². The van der Waals surface area contributed by atoms with E-state index in [1.165, 1.54) is 10.9 Å². The van der Waals surface area contributed by atoms with Gasteiger partial charge < -0.3 is 13.9 Å². The number of furan rings is 1. The van der Waals surface area contributed by atoms with Crippen molar-refractivity contribution in [3.05, 3.63) is 58.8 Å². The van der Waals surface area contributed by atoms with Crippen LogP contribution < -0.4 is 14.8 Å². The predicted octanol–water partition coefficient (Wildman–Crippen LogP) is 7.15. The van der Waals surface area contributed by atoms with Crippen molar-refractivity contribution in [1.82, 2.24) is 5.32 Å². The third-order valence-corrected chi connectivity index (χ3v) is 7.16. The molecule has 2 heterocycles. The van der Waals surface area contributed by atoms with Crippen molar-refractivity contribution in [2.24, 2.45) is 5.41 Å². The van der Waals surface area contributed by atoms with Crippen molar-refractivity contribution in [2.75, 3.05) is 13.2 Å².